The molecule has 0 aromatic carbocycles. The Labute approximate surface area is 133 Å². The first-order valence-electron chi connectivity index (χ1n) is 7.83. The van der Waals surface area contributed by atoms with Crippen LogP contribution in [0, 0.1) is 5.41 Å². The molecular weight excluding hydrogens is 280 g/mol. The van der Waals surface area contributed by atoms with Gasteiger partial charge in [0.15, 0.2) is 0 Å². The van der Waals surface area contributed by atoms with Crippen LogP contribution in [0.15, 0.2) is 6.20 Å². The summed E-state index contributed by atoms with van der Waals surface area (Å²) < 4.78 is 7.13. The van der Waals surface area contributed by atoms with Gasteiger partial charge in [0, 0.05) is 11.7 Å². The normalized spacial score (nSPS) is 12.5. The van der Waals surface area contributed by atoms with Crippen LogP contribution in [0.4, 0.5) is 0 Å². The minimum absolute atomic E-state index is 0.0723. The monoisotopic (exact) mass is 310 g/mol. The van der Waals surface area contributed by atoms with Crippen LogP contribution in [0.3, 0.4) is 0 Å². The number of aryl methyl sites for hydroxylation is 1. The number of hydrogen-bond acceptors (Lipinski definition) is 4. The molecule has 1 heterocycles. The SMILES string of the molecule is CC(C)(C)CCc1cn(CCOCC(=O)NC(C)(C)C)nn1. The van der Waals surface area contributed by atoms with E-state index in [0.29, 0.717) is 18.6 Å². The molecule has 0 fully saturated rings. The number of hydrogen-bond donors (Lipinski definition) is 1. The summed E-state index contributed by atoms with van der Waals surface area (Å²) in [6.07, 6.45) is 3.96. The summed E-state index contributed by atoms with van der Waals surface area (Å²) in [6.45, 7) is 13.6. The van der Waals surface area contributed by atoms with Gasteiger partial charge < -0.3 is 10.1 Å². The first-order valence-corrected chi connectivity index (χ1v) is 7.83. The van der Waals surface area contributed by atoms with Crippen molar-refractivity contribution in [3.05, 3.63) is 11.9 Å². The lowest BCUT2D eigenvalue weighted by Gasteiger charge is -2.20. The van der Waals surface area contributed by atoms with Crippen molar-refractivity contribution in [1.82, 2.24) is 20.3 Å². The van der Waals surface area contributed by atoms with E-state index in [4.69, 9.17) is 4.74 Å². The maximum absolute atomic E-state index is 11.6. The van der Waals surface area contributed by atoms with Crippen molar-refractivity contribution in [1.29, 1.82) is 0 Å². The van der Waals surface area contributed by atoms with Crippen LogP contribution < -0.4 is 5.32 Å². The molecule has 0 aliphatic heterocycles. The average molecular weight is 310 g/mol. The van der Waals surface area contributed by atoms with Crippen LogP contribution in [0.2, 0.25) is 0 Å². The largest absolute Gasteiger partial charge is 0.370 e. The molecule has 1 rings (SSSR count). The molecule has 126 valence electrons. The van der Waals surface area contributed by atoms with E-state index >= 15 is 0 Å². The zero-order chi connectivity index (χ0) is 16.8. The summed E-state index contributed by atoms with van der Waals surface area (Å²) in [5.41, 5.74) is 1.07. The number of nitrogens with one attached hydrogen (secondary N) is 1. The molecule has 0 saturated carbocycles. The quantitative estimate of drug-likeness (QED) is 0.784. The molecule has 0 aliphatic carbocycles. The molecule has 1 aromatic rings. The summed E-state index contributed by atoms with van der Waals surface area (Å²) in [4.78, 5) is 11.6. The number of amides is 1. The third-order valence-electron chi connectivity index (χ3n) is 2.93. The van der Waals surface area contributed by atoms with Gasteiger partial charge in [-0.05, 0) is 39.0 Å². The number of carbonyl (C=O) groups excluding carboxylic acids is 1. The van der Waals surface area contributed by atoms with Gasteiger partial charge in [0.1, 0.15) is 6.61 Å². The summed E-state index contributed by atoms with van der Waals surface area (Å²) in [5, 5.41) is 11.1. The highest BCUT2D eigenvalue weighted by atomic mass is 16.5. The van der Waals surface area contributed by atoms with Gasteiger partial charge in [0.05, 0.1) is 18.8 Å². The summed E-state index contributed by atoms with van der Waals surface area (Å²) in [7, 11) is 0. The molecular formula is C16H30N4O2. The predicted octanol–water partition coefficient (Wildman–Crippen LogP) is 2.19. The van der Waals surface area contributed by atoms with Gasteiger partial charge in [-0.2, -0.15) is 0 Å². The predicted molar refractivity (Wildman–Crippen MR) is 86.5 cm³/mol. The van der Waals surface area contributed by atoms with Crippen LogP contribution in [-0.2, 0) is 22.5 Å². The Morgan fingerprint density at radius 2 is 1.95 bits per heavy atom. The van der Waals surface area contributed by atoms with E-state index in [1.54, 1.807) is 4.68 Å². The van der Waals surface area contributed by atoms with Gasteiger partial charge >= 0.3 is 0 Å². The smallest absolute Gasteiger partial charge is 0.246 e. The number of nitrogens with zero attached hydrogens (tertiary/aromatic N) is 3. The van der Waals surface area contributed by atoms with Crippen molar-refractivity contribution in [2.75, 3.05) is 13.2 Å². The van der Waals surface area contributed by atoms with Gasteiger partial charge in [0.2, 0.25) is 5.91 Å². The second-order valence-corrected chi connectivity index (χ2v) is 7.88. The van der Waals surface area contributed by atoms with Crippen LogP contribution in [0.25, 0.3) is 0 Å². The molecule has 0 saturated heterocycles. The van der Waals surface area contributed by atoms with E-state index in [1.807, 2.05) is 27.0 Å². The molecule has 0 atom stereocenters. The summed E-state index contributed by atoms with van der Waals surface area (Å²) >= 11 is 0. The fourth-order valence-corrected chi connectivity index (χ4v) is 1.84. The fourth-order valence-electron chi connectivity index (χ4n) is 1.84. The number of ether oxygens (including phenoxy) is 1. The van der Waals surface area contributed by atoms with Crippen LogP contribution in [0.1, 0.15) is 53.7 Å². The highest BCUT2D eigenvalue weighted by molar-refractivity contribution is 5.77. The number of rotatable bonds is 7. The van der Waals surface area contributed by atoms with Gasteiger partial charge in [-0.15, -0.1) is 5.10 Å². The minimum Gasteiger partial charge on any atom is -0.370 e. The first kappa shape index (κ1) is 18.6. The minimum atomic E-state index is -0.228. The second-order valence-electron chi connectivity index (χ2n) is 7.88. The van der Waals surface area contributed by atoms with E-state index in [2.05, 4.69) is 36.4 Å². The summed E-state index contributed by atoms with van der Waals surface area (Å²) in [6, 6.07) is 0. The Bertz CT molecular complexity index is 469. The Kier molecular flexibility index (Phi) is 6.53. The van der Waals surface area contributed by atoms with Crippen molar-refractivity contribution in [2.24, 2.45) is 5.41 Å². The Morgan fingerprint density at radius 3 is 2.55 bits per heavy atom. The third kappa shape index (κ3) is 8.77. The van der Waals surface area contributed by atoms with Crippen molar-refractivity contribution in [2.45, 2.75) is 66.5 Å². The maximum Gasteiger partial charge on any atom is 0.246 e. The summed E-state index contributed by atoms with van der Waals surface area (Å²) in [5.74, 6) is -0.100. The van der Waals surface area contributed by atoms with Gasteiger partial charge in [-0.1, -0.05) is 26.0 Å². The lowest BCUT2D eigenvalue weighted by Crippen LogP contribution is -2.42. The first-order chi connectivity index (χ1) is 10.1. The molecule has 0 bridgehead atoms. The maximum atomic E-state index is 11.6. The standard InChI is InChI=1S/C16H30N4O2/c1-15(2,3)8-7-13-11-20(19-18-13)9-10-22-12-14(21)17-16(4,5)6/h11H,7-10,12H2,1-6H3,(H,17,21). The molecule has 1 amide bonds. The highest BCUT2D eigenvalue weighted by Crippen LogP contribution is 2.20. The van der Waals surface area contributed by atoms with E-state index in [-0.39, 0.29) is 18.1 Å². The topological polar surface area (TPSA) is 69.0 Å². The zero-order valence-electron chi connectivity index (χ0n) is 14.8. The van der Waals surface area contributed by atoms with Gasteiger partial charge in [-0.3, -0.25) is 4.79 Å². The van der Waals surface area contributed by atoms with E-state index in [9.17, 15) is 4.79 Å². The Balaban J connectivity index is 2.23. The molecule has 6 nitrogen and oxygen atoms in total. The van der Waals surface area contributed by atoms with E-state index < -0.39 is 0 Å². The Morgan fingerprint density at radius 1 is 1.27 bits per heavy atom. The molecule has 0 unspecified atom stereocenters. The number of aromatic nitrogens is 3. The van der Waals surface area contributed by atoms with Gasteiger partial charge in [0.25, 0.3) is 0 Å². The molecule has 0 radical (unpaired) electrons. The van der Waals surface area contributed by atoms with Crippen molar-refractivity contribution < 1.29 is 9.53 Å². The average Bonchev–Trinajstić information content (AvgIpc) is 2.77. The van der Waals surface area contributed by atoms with Crippen molar-refractivity contribution in [3.8, 4) is 0 Å². The molecule has 6 heteroatoms. The van der Waals surface area contributed by atoms with Gasteiger partial charge in [-0.25, -0.2) is 4.68 Å². The van der Waals surface area contributed by atoms with Crippen molar-refractivity contribution >= 4 is 5.91 Å². The fraction of sp³-hybridized carbons (Fsp3) is 0.812. The van der Waals surface area contributed by atoms with Crippen molar-refractivity contribution in [3.63, 3.8) is 0 Å². The lowest BCUT2D eigenvalue weighted by atomic mass is 9.90. The zero-order valence-corrected chi connectivity index (χ0v) is 14.8. The lowest BCUT2D eigenvalue weighted by molar-refractivity contribution is -0.127. The van der Waals surface area contributed by atoms with E-state index in [1.165, 1.54) is 0 Å². The van der Waals surface area contributed by atoms with Crippen LogP contribution in [-0.4, -0.2) is 39.7 Å². The van der Waals surface area contributed by atoms with Crippen LogP contribution in [0.5, 0.6) is 0 Å². The molecule has 0 aliphatic rings. The molecule has 22 heavy (non-hydrogen) atoms. The second kappa shape index (κ2) is 7.72. The van der Waals surface area contributed by atoms with Crippen LogP contribution >= 0.6 is 0 Å². The third-order valence-corrected chi connectivity index (χ3v) is 2.93. The Hall–Kier alpha value is -1.43. The highest BCUT2D eigenvalue weighted by Gasteiger charge is 2.14. The molecule has 0 spiro atoms. The number of carbonyl (C=O) groups is 1. The molecule has 1 aromatic heterocycles. The molecule has 1 N–H and O–H groups in total. The van der Waals surface area contributed by atoms with E-state index in [0.717, 1.165) is 18.5 Å².